The summed E-state index contributed by atoms with van der Waals surface area (Å²) in [5.41, 5.74) is 4.92. The molecule has 0 aliphatic carbocycles. The van der Waals surface area contributed by atoms with Crippen LogP contribution < -0.4 is 26.4 Å². The van der Waals surface area contributed by atoms with Crippen molar-refractivity contribution in [3.8, 4) is 5.75 Å². The van der Waals surface area contributed by atoms with E-state index in [4.69, 9.17) is 25.3 Å². The SMILES string of the molecule is CC1(C)[C@H](NC(=O)/C(=N\OCCOc2ccc(C(=N)N[C@H]3CCNC3)cc2)c2csc(N)n2)C(=O)N1OS(=O)(=O)O. The fraction of sp³-hybridized carbons (Fsp3) is 0.435. The highest BCUT2D eigenvalue weighted by Gasteiger charge is 2.58. The molecule has 2 aliphatic heterocycles. The predicted octanol–water partition coefficient (Wildman–Crippen LogP) is -0.358. The standard InChI is InChI=1S/C23H30N8O8S2/c1-23(2)18(21(33)31(23)39-41(34,35)36)29-20(32)17(16-12-40-22(25)28-16)30-38-10-9-37-15-5-3-13(4-6-15)19(24)27-14-7-8-26-11-14/h3-6,12,14,18,26H,7-11H2,1-2H3,(H2,24,27)(H2,25,28)(H,29,32)(H,34,35,36)/b30-17-/t14-,18+/m0/s1. The summed E-state index contributed by atoms with van der Waals surface area (Å²) < 4.78 is 40.9. The Hall–Kier alpha value is -3.84. The number of nitrogens with zero attached hydrogens (tertiary/aromatic N) is 3. The van der Waals surface area contributed by atoms with Gasteiger partial charge in [0.2, 0.25) is 0 Å². The van der Waals surface area contributed by atoms with E-state index < -0.39 is 33.8 Å². The molecule has 0 saturated carbocycles. The van der Waals surface area contributed by atoms with E-state index in [2.05, 4.69) is 30.4 Å². The summed E-state index contributed by atoms with van der Waals surface area (Å²) in [6.45, 7) is 4.64. The molecule has 3 heterocycles. The number of β-lactam (4-membered cyclic amide) rings is 1. The zero-order valence-corrected chi connectivity index (χ0v) is 23.8. The van der Waals surface area contributed by atoms with Gasteiger partial charge in [0.05, 0.1) is 5.54 Å². The second-order valence-corrected chi connectivity index (χ2v) is 11.5. The van der Waals surface area contributed by atoms with Crippen LogP contribution in [0.25, 0.3) is 0 Å². The molecule has 2 aromatic rings. The smallest absolute Gasteiger partial charge is 0.418 e. The van der Waals surface area contributed by atoms with Gasteiger partial charge < -0.3 is 31.3 Å². The number of aromatic nitrogens is 1. The van der Waals surface area contributed by atoms with Gasteiger partial charge in [0.15, 0.2) is 17.5 Å². The normalized spacial score (nSPS) is 20.3. The molecule has 2 aliphatic rings. The van der Waals surface area contributed by atoms with Crippen LogP contribution in [0.4, 0.5) is 5.13 Å². The number of amides is 2. The minimum atomic E-state index is -4.94. The van der Waals surface area contributed by atoms with Gasteiger partial charge in [0.25, 0.3) is 11.8 Å². The van der Waals surface area contributed by atoms with Crippen molar-refractivity contribution < 1.29 is 36.4 Å². The minimum absolute atomic E-state index is 0.0476. The maximum atomic E-state index is 13.0. The molecule has 18 heteroatoms. The molecular weight excluding hydrogens is 580 g/mol. The van der Waals surface area contributed by atoms with Crippen molar-refractivity contribution in [1.29, 1.82) is 5.41 Å². The van der Waals surface area contributed by atoms with E-state index in [1.807, 2.05) is 0 Å². The van der Waals surface area contributed by atoms with Crippen molar-refractivity contribution in [2.45, 2.75) is 37.9 Å². The number of amidine groups is 1. The number of benzene rings is 1. The first kappa shape index (κ1) is 30.1. The number of ether oxygens (including phenoxy) is 1. The molecule has 1 aromatic heterocycles. The number of anilines is 1. The molecule has 2 atom stereocenters. The van der Waals surface area contributed by atoms with Gasteiger partial charge in [-0.1, -0.05) is 5.16 Å². The first-order chi connectivity index (χ1) is 19.3. The Morgan fingerprint density at radius 1 is 1.32 bits per heavy atom. The third-order valence-corrected chi connectivity index (χ3v) is 7.26. The molecule has 0 spiro atoms. The molecule has 4 rings (SSSR count). The van der Waals surface area contributed by atoms with E-state index in [1.54, 1.807) is 24.3 Å². The number of hydrogen-bond donors (Lipinski definition) is 6. The van der Waals surface area contributed by atoms with Crippen LogP contribution in [-0.2, 0) is 29.1 Å². The predicted molar refractivity (Wildman–Crippen MR) is 148 cm³/mol. The summed E-state index contributed by atoms with van der Waals surface area (Å²) in [7, 11) is -4.94. The number of hydroxylamine groups is 2. The molecule has 2 saturated heterocycles. The number of carbonyl (C=O) groups is 2. The Balaban J connectivity index is 1.31. The van der Waals surface area contributed by atoms with Gasteiger partial charge in [-0.2, -0.15) is 13.5 Å². The third kappa shape index (κ3) is 7.47. The van der Waals surface area contributed by atoms with Gasteiger partial charge in [0, 0.05) is 23.5 Å². The van der Waals surface area contributed by atoms with Crippen molar-refractivity contribution in [2.75, 3.05) is 32.0 Å². The lowest BCUT2D eigenvalue weighted by atomic mass is 9.84. The molecule has 2 amide bonds. The van der Waals surface area contributed by atoms with Crippen LogP contribution in [0.2, 0.25) is 0 Å². The van der Waals surface area contributed by atoms with E-state index in [1.165, 1.54) is 19.2 Å². The maximum Gasteiger partial charge on any atom is 0.418 e. The lowest BCUT2D eigenvalue weighted by Crippen LogP contribution is -2.76. The van der Waals surface area contributed by atoms with E-state index in [-0.39, 0.29) is 35.8 Å². The number of carbonyl (C=O) groups excluding carboxylic acids is 2. The van der Waals surface area contributed by atoms with Crippen LogP contribution >= 0.6 is 11.3 Å². The molecule has 1 aromatic carbocycles. The van der Waals surface area contributed by atoms with Gasteiger partial charge in [-0.3, -0.25) is 19.6 Å². The lowest BCUT2D eigenvalue weighted by Gasteiger charge is -2.50. The highest BCUT2D eigenvalue weighted by molar-refractivity contribution is 7.80. The first-order valence-electron chi connectivity index (χ1n) is 12.4. The van der Waals surface area contributed by atoms with Crippen LogP contribution in [-0.4, -0.2) is 90.3 Å². The quantitative estimate of drug-likeness (QED) is 0.0452. The zero-order valence-electron chi connectivity index (χ0n) is 22.1. The summed E-state index contributed by atoms with van der Waals surface area (Å²) in [6, 6.07) is 6.03. The number of nitrogen functional groups attached to an aromatic ring is 1. The van der Waals surface area contributed by atoms with E-state index in [9.17, 15) is 18.0 Å². The van der Waals surface area contributed by atoms with Crippen LogP contribution in [0, 0.1) is 5.41 Å². The molecule has 2 fully saturated rings. The second kappa shape index (κ2) is 12.4. The number of hydrogen-bond acceptors (Lipinski definition) is 13. The summed E-state index contributed by atoms with van der Waals surface area (Å²) in [5.74, 6) is -0.861. The van der Waals surface area contributed by atoms with Crippen molar-refractivity contribution in [3.05, 3.63) is 40.9 Å². The Bertz CT molecular complexity index is 1420. The third-order valence-electron chi connectivity index (χ3n) is 6.25. The van der Waals surface area contributed by atoms with Gasteiger partial charge in [-0.05, 0) is 51.1 Å². The van der Waals surface area contributed by atoms with Gasteiger partial charge in [-0.15, -0.1) is 15.6 Å². The number of rotatable bonds is 12. The number of thiazole rings is 1. The summed E-state index contributed by atoms with van der Waals surface area (Å²) >= 11 is 1.06. The first-order valence-corrected chi connectivity index (χ1v) is 14.6. The molecule has 0 bridgehead atoms. The van der Waals surface area contributed by atoms with E-state index in [0.29, 0.717) is 16.6 Å². The fourth-order valence-electron chi connectivity index (χ4n) is 4.11. The second-order valence-electron chi connectivity index (χ2n) is 9.62. The lowest BCUT2D eigenvalue weighted by molar-refractivity contribution is -0.218. The van der Waals surface area contributed by atoms with E-state index >= 15 is 0 Å². The number of nitrogens with one attached hydrogen (secondary N) is 4. The molecule has 7 N–H and O–H groups in total. The van der Waals surface area contributed by atoms with Crippen LogP contribution in [0.1, 0.15) is 31.5 Å². The van der Waals surface area contributed by atoms with Crippen LogP contribution in [0.15, 0.2) is 34.8 Å². The van der Waals surface area contributed by atoms with E-state index in [0.717, 1.165) is 36.4 Å². The average molecular weight is 611 g/mol. The molecule has 16 nitrogen and oxygen atoms in total. The van der Waals surface area contributed by atoms with Gasteiger partial charge >= 0.3 is 10.4 Å². The van der Waals surface area contributed by atoms with Crippen molar-refractivity contribution in [2.24, 2.45) is 5.16 Å². The van der Waals surface area contributed by atoms with Crippen molar-refractivity contribution >= 4 is 50.2 Å². The van der Waals surface area contributed by atoms with Crippen molar-refractivity contribution in [1.82, 2.24) is 26.0 Å². The Morgan fingerprint density at radius 3 is 2.63 bits per heavy atom. The minimum Gasteiger partial charge on any atom is -0.490 e. The monoisotopic (exact) mass is 610 g/mol. The molecular formula is C23H30N8O8S2. The molecule has 41 heavy (non-hydrogen) atoms. The highest BCUT2D eigenvalue weighted by Crippen LogP contribution is 2.33. The Morgan fingerprint density at radius 2 is 2.05 bits per heavy atom. The Kier molecular flexibility index (Phi) is 9.08. The van der Waals surface area contributed by atoms with Crippen LogP contribution in [0.3, 0.4) is 0 Å². The number of nitrogens with two attached hydrogens (primary N) is 1. The van der Waals surface area contributed by atoms with Gasteiger partial charge in [0.1, 0.15) is 29.9 Å². The van der Waals surface area contributed by atoms with Crippen LogP contribution in [0.5, 0.6) is 5.75 Å². The number of oxime groups is 1. The largest absolute Gasteiger partial charge is 0.490 e. The summed E-state index contributed by atoms with van der Waals surface area (Å²) in [6.07, 6.45) is 0.965. The fourth-order valence-corrected chi connectivity index (χ4v) is 5.11. The molecule has 222 valence electrons. The highest BCUT2D eigenvalue weighted by atomic mass is 32.3. The zero-order chi connectivity index (χ0) is 29.8. The summed E-state index contributed by atoms with van der Waals surface area (Å²) in [4.78, 5) is 34.7. The summed E-state index contributed by atoms with van der Waals surface area (Å²) in [5, 5.41) is 23.1. The van der Waals surface area contributed by atoms with Crippen molar-refractivity contribution in [3.63, 3.8) is 0 Å². The van der Waals surface area contributed by atoms with Gasteiger partial charge in [-0.25, -0.2) is 4.98 Å². The average Bonchev–Trinajstić information content (AvgIpc) is 3.59. The molecule has 0 unspecified atom stereocenters. The maximum absolute atomic E-state index is 13.0. The topological polar surface area (TPSA) is 231 Å². The Labute approximate surface area is 239 Å². The molecule has 0 radical (unpaired) electrons.